The Balaban J connectivity index is 5.27. The summed E-state index contributed by atoms with van der Waals surface area (Å²) in [6.45, 7) is 7.42. The number of carbonyl (C=O) groups excluding carboxylic acids is 5. The number of nitrogens with zero attached hydrogens (tertiary/aromatic N) is 5. The van der Waals surface area contributed by atoms with Gasteiger partial charge >= 0.3 is 0 Å². The maximum atomic E-state index is 12.4. The Kier molecular flexibility index (Phi) is 16.2. The summed E-state index contributed by atoms with van der Waals surface area (Å²) in [7, 11) is 0. The number of hydrogen-bond donors (Lipinski definition) is 0. The molecule has 2 amide bonds. The SMILES string of the molecule is CCN(CC)C(=O)CN(CCN(CCN(CC(=O)[O-])CC(=O)N(CC)CC)CC(=O)[O-])CC(=O)[O-]. The number of aliphatic carboxylic acids is 3. The van der Waals surface area contributed by atoms with Crippen LogP contribution in [0.15, 0.2) is 0 Å². The average molecular weight is 501 g/mol. The highest BCUT2D eigenvalue weighted by Gasteiger charge is 2.19. The van der Waals surface area contributed by atoms with E-state index in [1.165, 1.54) is 14.7 Å². The Morgan fingerprint density at radius 2 is 0.714 bits per heavy atom. The summed E-state index contributed by atoms with van der Waals surface area (Å²) in [5.74, 6) is -4.66. The van der Waals surface area contributed by atoms with Crippen molar-refractivity contribution in [3.63, 3.8) is 0 Å². The van der Waals surface area contributed by atoms with Crippen LogP contribution in [0.2, 0.25) is 0 Å². The Labute approximate surface area is 206 Å². The van der Waals surface area contributed by atoms with E-state index in [1.54, 1.807) is 37.5 Å². The van der Waals surface area contributed by atoms with E-state index in [2.05, 4.69) is 0 Å². The van der Waals surface area contributed by atoms with Gasteiger partial charge in [-0.05, 0) is 27.7 Å². The van der Waals surface area contributed by atoms with Gasteiger partial charge in [0, 0.05) is 72.0 Å². The molecule has 0 aromatic rings. The van der Waals surface area contributed by atoms with Gasteiger partial charge in [-0.3, -0.25) is 24.3 Å². The van der Waals surface area contributed by atoms with Crippen LogP contribution in [0.1, 0.15) is 27.7 Å². The van der Waals surface area contributed by atoms with E-state index in [0.29, 0.717) is 26.2 Å². The van der Waals surface area contributed by atoms with Crippen molar-refractivity contribution in [3.8, 4) is 0 Å². The summed E-state index contributed by atoms with van der Waals surface area (Å²) in [5, 5.41) is 33.5. The minimum Gasteiger partial charge on any atom is -0.549 e. The molecular weight excluding hydrogens is 462 g/mol. The maximum Gasteiger partial charge on any atom is 0.236 e. The van der Waals surface area contributed by atoms with Crippen LogP contribution >= 0.6 is 0 Å². The van der Waals surface area contributed by atoms with Crippen molar-refractivity contribution < 1.29 is 39.3 Å². The van der Waals surface area contributed by atoms with Crippen LogP contribution in [-0.2, 0) is 24.0 Å². The van der Waals surface area contributed by atoms with E-state index in [9.17, 15) is 39.3 Å². The molecule has 13 heteroatoms. The zero-order valence-corrected chi connectivity index (χ0v) is 21.2. The van der Waals surface area contributed by atoms with E-state index in [1.807, 2.05) is 0 Å². The molecule has 35 heavy (non-hydrogen) atoms. The highest BCUT2D eigenvalue weighted by molar-refractivity contribution is 5.79. The largest absolute Gasteiger partial charge is 0.549 e. The molecule has 0 aromatic heterocycles. The molecule has 0 aliphatic rings. The summed E-state index contributed by atoms with van der Waals surface area (Å²) in [6.07, 6.45) is 0. The van der Waals surface area contributed by atoms with Crippen molar-refractivity contribution in [1.82, 2.24) is 24.5 Å². The fourth-order valence-electron chi connectivity index (χ4n) is 3.55. The van der Waals surface area contributed by atoms with E-state index in [4.69, 9.17) is 0 Å². The van der Waals surface area contributed by atoms with Crippen LogP contribution in [0.4, 0.5) is 0 Å². The minimum absolute atomic E-state index is 0.0487. The normalized spacial score (nSPS) is 11.2. The molecule has 0 bridgehead atoms. The highest BCUT2D eigenvalue weighted by Crippen LogP contribution is 2.00. The van der Waals surface area contributed by atoms with Crippen molar-refractivity contribution in [2.75, 3.05) is 85.1 Å². The summed E-state index contributed by atoms with van der Waals surface area (Å²) < 4.78 is 0. The Bertz CT molecular complexity index is 647. The Morgan fingerprint density at radius 1 is 0.457 bits per heavy atom. The topological polar surface area (TPSA) is 171 Å². The van der Waals surface area contributed by atoms with Gasteiger partial charge in [0.1, 0.15) is 0 Å². The molecule has 0 radical (unpaired) electrons. The fourth-order valence-corrected chi connectivity index (χ4v) is 3.55. The lowest BCUT2D eigenvalue weighted by Gasteiger charge is -2.31. The lowest BCUT2D eigenvalue weighted by molar-refractivity contribution is -0.308. The van der Waals surface area contributed by atoms with Crippen LogP contribution in [0.5, 0.6) is 0 Å². The molecule has 0 unspecified atom stereocenters. The second kappa shape index (κ2) is 17.6. The highest BCUT2D eigenvalue weighted by atomic mass is 16.4. The lowest BCUT2D eigenvalue weighted by atomic mass is 10.3. The molecule has 202 valence electrons. The Hall–Kier alpha value is -2.77. The smallest absolute Gasteiger partial charge is 0.236 e. The predicted octanol–water partition coefficient (Wildman–Crippen LogP) is -5.12. The number of hydrogen-bond acceptors (Lipinski definition) is 11. The molecule has 0 aliphatic heterocycles. The quantitative estimate of drug-likeness (QED) is 0.157. The van der Waals surface area contributed by atoms with E-state index in [0.717, 1.165) is 0 Å². The Morgan fingerprint density at radius 3 is 0.971 bits per heavy atom. The van der Waals surface area contributed by atoms with Crippen LogP contribution in [-0.4, -0.2) is 139 Å². The van der Waals surface area contributed by atoms with E-state index in [-0.39, 0.29) is 51.1 Å². The molecule has 0 spiro atoms. The molecule has 0 saturated heterocycles. The van der Waals surface area contributed by atoms with Crippen molar-refractivity contribution in [2.45, 2.75) is 27.7 Å². The molecule has 0 N–H and O–H groups in total. The first kappa shape index (κ1) is 32.2. The van der Waals surface area contributed by atoms with Gasteiger partial charge in [-0.25, -0.2) is 0 Å². The molecule has 0 aromatic carbocycles. The third-order valence-corrected chi connectivity index (χ3v) is 5.47. The predicted molar refractivity (Wildman–Crippen MR) is 120 cm³/mol. The maximum absolute atomic E-state index is 12.4. The summed E-state index contributed by atoms with van der Waals surface area (Å²) in [6, 6.07) is 0. The molecular formula is C22H38N5O8-3. The van der Waals surface area contributed by atoms with Crippen molar-refractivity contribution >= 4 is 29.7 Å². The fraction of sp³-hybridized carbons (Fsp3) is 0.773. The second-order valence-electron chi connectivity index (χ2n) is 7.95. The first-order valence-corrected chi connectivity index (χ1v) is 11.8. The molecule has 0 atom stereocenters. The molecule has 13 nitrogen and oxygen atoms in total. The van der Waals surface area contributed by atoms with Gasteiger partial charge in [-0.2, -0.15) is 0 Å². The molecule has 0 saturated carbocycles. The van der Waals surface area contributed by atoms with Gasteiger partial charge in [0.25, 0.3) is 0 Å². The monoisotopic (exact) mass is 500 g/mol. The third-order valence-electron chi connectivity index (χ3n) is 5.47. The van der Waals surface area contributed by atoms with Crippen LogP contribution < -0.4 is 15.3 Å². The summed E-state index contributed by atoms with van der Waals surface area (Å²) >= 11 is 0. The van der Waals surface area contributed by atoms with Gasteiger partial charge in [-0.1, -0.05) is 0 Å². The summed E-state index contributed by atoms with van der Waals surface area (Å²) in [4.78, 5) is 65.5. The number of amides is 2. The zero-order valence-electron chi connectivity index (χ0n) is 21.2. The minimum atomic E-state index is -1.38. The number of carboxylic acids is 3. The van der Waals surface area contributed by atoms with Crippen LogP contribution in [0.3, 0.4) is 0 Å². The van der Waals surface area contributed by atoms with Crippen molar-refractivity contribution in [1.29, 1.82) is 0 Å². The van der Waals surface area contributed by atoms with Crippen LogP contribution in [0.25, 0.3) is 0 Å². The molecule has 0 rings (SSSR count). The molecule has 0 aliphatic carbocycles. The number of rotatable bonds is 20. The van der Waals surface area contributed by atoms with E-state index < -0.39 is 37.5 Å². The van der Waals surface area contributed by atoms with Gasteiger partial charge < -0.3 is 39.5 Å². The number of likely N-dealkylation sites (N-methyl/N-ethyl adjacent to an activating group) is 2. The first-order chi connectivity index (χ1) is 16.5. The van der Waals surface area contributed by atoms with Crippen molar-refractivity contribution in [3.05, 3.63) is 0 Å². The summed E-state index contributed by atoms with van der Waals surface area (Å²) in [5.41, 5.74) is 0. The van der Waals surface area contributed by atoms with E-state index >= 15 is 0 Å². The van der Waals surface area contributed by atoms with Crippen LogP contribution in [0, 0.1) is 0 Å². The van der Waals surface area contributed by atoms with Gasteiger partial charge in [0.05, 0.1) is 31.0 Å². The van der Waals surface area contributed by atoms with Gasteiger partial charge in [-0.15, -0.1) is 0 Å². The standard InChI is InChI=1S/C22H41N5O8/c1-5-26(6-2)18(28)13-24(16-21(32)33)11-9-23(15-20(30)31)10-12-25(17-22(34)35)14-19(29)27(7-3)8-4/h5-17H2,1-4H3,(H,30,31)(H,32,33)(H,34,35)/p-3. The lowest BCUT2D eigenvalue weighted by Crippen LogP contribution is -2.50. The third kappa shape index (κ3) is 14.3. The zero-order chi connectivity index (χ0) is 27.0. The average Bonchev–Trinajstić information content (AvgIpc) is 2.75. The molecule has 0 fully saturated rings. The van der Waals surface area contributed by atoms with Crippen molar-refractivity contribution in [2.24, 2.45) is 0 Å². The van der Waals surface area contributed by atoms with Gasteiger partial charge in [0.2, 0.25) is 11.8 Å². The van der Waals surface area contributed by atoms with Gasteiger partial charge in [0.15, 0.2) is 0 Å². The number of carboxylic acid groups (broad SMARTS) is 3. The second-order valence-corrected chi connectivity index (χ2v) is 7.95. The first-order valence-electron chi connectivity index (χ1n) is 11.8. The number of carbonyl (C=O) groups is 5. The molecule has 0 heterocycles.